The normalized spacial score (nSPS) is 28.8. The summed E-state index contributed by atoms with van der Waals surface area (Å²) in [6.45, 7) is 3.03. The number of fused-ring (bicyclic) bond motifs is 1. The van der Waals surface area contributed by atoms with E-state index in [1.807, 2.05) is 4.90 Å². The SMILES string of the molecule is CCCCCCOC1CCC2CCC(=O)N21. The number of hydrogen-bond donors (Lipinski definition) is 0. The third kappa shape index (κ3) is 2.57. The highest BCUT2D eigenvalue weighted by Gasteiger charge is 2.41. The summed E-state index contributed by atoms with van der Waals surface area (Å²) in [5.74, 6) is 0.307. The highest BCUT2D eigenvalue weighted by molar-refractivity contribution is 5.79. The van der Waals surface area contributed by atoms with Gasteiger partial charge in [0.1, 0.15) is 6.23 Å². The van der Waals surface area contributed by atoms with Crippen LogP contribution < -0.4 is 0 Å². The molecule has 0 aromatic rings. The van der Waals surface area contributed by atoms with Crippen LogP contribution in [0, 0.1) is 0 Å². The van der Waals surface area contributed by atoms with Crippen molar-refractivity contribution in [2.45, 2.75) is 70.6 Å². The maximum absolute atomic E-state index is 11.6. The fourth-order valence-electron chi connectivity index (χ4n) is 2.83. The molecule has 1 amide bonds. The zero-order chi connectivity index (χ0) is 11.4. The third-order valence-electron chi connectivity index (χ3n) is 3.74. The Labute approximate surface area is 98.1 Å². The van der Waals surface area contributed by atoms with Crippen molar-refractivity contribution in [3.05, 3.63) is 0 Å². The summed E-state index contributed by atoms with van der Waals surface area (Å²) in [7, 11) is 0. The second kappa shape index (κ2) is 5.67. The molecule has 2 heterocycles. The quantitative estimate of drug-likeness (QED) is 0.650. The summed E-state index contributed by atoms with van der Waals surface area (Å²) >= 11 is 0. The molecule has 0 N–H and O–H groups in total. The van der Waals surface area contributed by atoms with E-state index < -0.39 is 0 Å². The van der Waals surface area contributed by atoms with Crippen molar-refractivity contribution < 1.29 is 9.53 Å². The lowest BCUT2D eigenvalue weighted by molar-refractivity contribution is -0.139. The summed E-state index contributed by atoms with van der Waals surface area (Å²) in [6.07, 6.45) is 9.01. The van der Waals surface area contributed by atoms with E-state index in [4.69, 9.17) is 4.74 Å². The standard InChI is InChI=1S/C13H23NO2/c1-2-3-4-5-10-16-13-9-7-11-6-8-12(15)14(11)13/h11,13H,2-10H2,1H3. The Bertz CT molecular complexity index is 242. The Kier molecular flexibility index (Phi) is 4.22. The molecular formula is C13H23NO2. The summed E-state index contributed by atoms with van der Waals surface area (Å²) in [6, 6.07) is 0.494. The summed E-state index contributed by atoms with van der Waals surface area (Å²) < 4.78 is 5.84. The number of hydrogen-bond acceptors (Lipinski definition) is 2. The number of unbranched alkanes of at least 4 members (excludes halogenated alkanes) is 3. The molecule has 2 aliphatic heterocycles. The Hall–Kier alpha value is -0.570. The zero-order valence-electron chi connectivity index (χ0n) is 10.3. The van der Waals surface area contributed by atoms with Gasteiger partial charge in [0.15, 0.2) is 0 Å². The van der Waals surface area contributed by atoms with Gasteiger partial charge in [-0.05, 0) is 25.7 Å². The van der Waals surface area contributed by atoms with Crippen LogP contribution in [-0.2, 0) is 9.53 Å². The molecule has 0 bridgehead atoms. The van der Waals surface area contributed by atoms with E-state index in [9.17, 15) is 4.79 Å². The first-order chi connectivity index (χ1) is 7.83. The molecule has 0 aromatic carbocycles. The van der Waals surface area contributed by atoms with Crippen LogP contribution in [0.3, 0.4) is 0 Å². The van der Waals surface area contributed by atoms with Crippen LogP contribution in [0.5, 0.6) is 0 Å². The van der Waals surface area contributed by atoms with E-state index >= 15 is 0 Å². The molecule has 0 spiro atoms. The van der Waals surface area contributed by atoms with E-state index in [0.29, 0.717) is 11.9 Å². The van der Waals surface area contributed by atoms with Gasteiger partial charge in [-0.2, -0.15) is 0 Å². The number of carbonyl (C=O) groups is 1. The highest BCUT2D eigenvalue weighted by Crippen LogP contribution is 2.33. The Morgan fingerprint density at radius 3 is 2.94 bits per heavy atom. The molecule has 2 fully saturated rings. The molecule has 0 radical (unpaired) electrons. The molecule has 92 valence electrons. The predicted molar refractivity (Wildman–Crippen MR) is 63.0 cm³/mol. The molecule has 2 unspecified atom stereocenters. The second-order valence-electron chi connectivity index (χ2n) is 4.96. The van der Waals surface area contributed by atoms with E-state index in [1.54, 1.807) is 0 Å². The first kappa shape index (κ1) is 11.9. The van der Waals surface area contributed by atoms with Gasteiger partial charge in [0, 0.05) is 19.1 Å². The van der Waals surface area contributed by atoms with Gasteiger partial charge in [-0.15, -0.1) is 0 Å². The number of ether oxygens (including phenoxy) is 1. The maximum Gasteiger partial charge on any atom is 0.224 e. The van der Waals surface area contributed by atoms with Gasteiger partial charge in [-0.25, -0.2) is 0 Å². The van der Waals surface area contributed by atoms with Crippen LogP contribution in [0.15, 0.2) is 0 Å². The fraction of sp³-hybridized carbons (Fsp3) is 0.923. The minimum atomic E-state index is 0.0987. The number of nitrogens with zero attached hydrogens (tertiary/aromatic N) is 1. The lowest BCUT2D eigenvalue weighted by Gasteiger charge is -2.24. The Balaban J connectivity index is 1.68. The first-order valence-electron chi connectivity index (χ1n) is 6.75. The van der Waals surface area contributed by atoms with Crippen LogP contribution in [0.4, 0.5) is 0 Å². The zero-order valence-corrected chi connectivity index (χ0v) is 10.3. The van der Waals surface area contributed by atoms with Crippen molar-refractivity contribution in [3.8, 4) is 0 Å². The van der Waals surface area contributed by atoms with E-state index in [1.165, 1.54) is 19.3 Å². The minimum Gasteiger partial charge on any atom is -0.358 e. The number of carbonyl (C=O) groups excluding carboxylic acids is 1. The largest absolute Gasteiger partial charge is 0.358 e. The molecule has 3 nitrogen and oxygen atoms in total. The van der Waals surface area contributed by atoms with Crippen LogP contribution >= 0.6 is 0 Å². The van der Waals surface area contributed by atoms with E-state index in [2.05, 4.69) is 6.92 Å². The molecular weight excluding hydrogens is 202 g/mol. The predicted octanol–water partition coefficient (Wildman–Crippen LogP) is 2.69. The number of amides is 1. The van der Waals surface area contributed by atoms with Crippen molar-refractivity contribution in [2.75, 3.05) is 6.61 Å². The Morgan fingerprint density at radius 2 is 2.12 bits per heavy atom. The molecule has 2 aliphatic rings. The van der Waals surface area contributed by atoms with Crippen LogP contribution in [0.2, 0.25) is 0 Å². The topological polar surface area (TPSA) is 29.5 Å². The van der Waals surface area contributed by atoms with Gasteiger partial charge < -0.3 is 9.64 Å². The van der Waals surface area contributed by atoms with Gasteiger partial charge in [-0.3, -0.25) is 4.79 Å². The lowest BCUT2D eigenvalue weighted by Crippen LogP contribution is -2.36. The van der Waals surface area contributed by atoms with Crippen molar-refractivity contribution in [2.24, 2.45) is 0 Å². The van der Waals surface area contributed by atoms with Crippen LogP contribution in [0.25, 0.3) is 0 Å². The molecule has 16 heavy (non-hydrogen) atoms. The van der Waals surface area contributed by atoms with Crippen molar-refractivity contribution in [1.29, 1.82) is 0 Å². The summed E-state index contributed by atoms with van der Waals surface area (Å²) in [5, 5.41) is 0. The second-order valence-corrected chi connectivity index (χ2v) is 4.96. The molecule has 0 aromatic heterocycles. The van der Waals surface area contributed by atoms with Gasteiger partial charge in [-0.1, -0.05) is 26.2 Å². The lowest BCUT2D eigenvalue weighted by atomic mass is 10.1. The molecule has 2 atom stereocenters. The fourth-order valence-corrected chi connectivity index (χ4v) is 2.83. The van der Waals surface area contributed by atoms with E-state index in [0.717, 1.165) is 38.7 Å². The average Bonchev–Trinajstić information content (AvgIpc) is 2.83. The van der Waals surface area contributed by atoms with Gasteiger partial charge in [0.25, 0.3) is 0 Å². The van der Waals surface area contributed by atoms with Crippen LogP contribution in [-0.4, -0.2) is 29.7 Å². The third-order valence-corrected chi connectivity index (χ3v) is 3.74. The molecule has 2 rings (SSSR count). The smallest absolute Gasteiger partial charge is 0.224 e. The van der Waals surface area contributed by atoms with Crippen LogP contribution in [0.1, 0.15) is 58.3 Å². The Morgan fingerprint density at radius 1 is 1.25 bits per heavy atom. The average molecular weight is 225 g/mol. The highest BCUT2D eigenvalue weighted by atomic mass is 16.5. The first-order valence-corrected chi connectivity index (χ1v) is 6.75. The van der Waals surface area contributed by atoms with Gasteiger partial charge >= 0.3 is 0 Å². The maximum atomic E-state index is 11.6. The van der Waals surface area contributed by atoms with Crippen molar-refractivity contribution in [1.82, 2.24) is 4.90 Å². The molecule has 0 aliphatic carbocycles. The van der Waals surface area contributed by atoms with Gasteiger partial charge in [0.05, 0.1) is 0 Å². The monoisotopic (exact) mass is 225 g/mol. The molecule has 0 saturated carbocycles. The summed E-state index contributed by atoms with van der Waals surface area (Å²) in [4.78, 5) is 13.6. The number of rotatable bonds is 6. The summed E-state index contributed by atoms with van der Waals surface area (Å²) in [5.41, 5.74) is 0. The minimum absolute atomic E-state index is 0.0987. The van der Waals surface area contributed by atoms with E-state index in [-0.39, 0.29) is 6.23 Å². The van der Waals surface area contributed by atoms with Crippen molar-refractivity contribution >= 4 is 5.91 Å². The molecule has 3 heteroatoms. The molecule has 2 saturated heterocycles. The van der Waals surface area contributed by atoms with Gasteiger partial charge in [0.2, 0.25) is 5.91 Å². The van der Waals surface area contributed by atoms with Crippen molar-refractivity contribution in [3.63, 3.8) is 0 Å².